The van der Waals surface area contributed by atoms with Crippen LogP contribution in [0.15, 0.2) is 24.3 Å². The highest BCUT2D eigenvalue weighted by Gasteiger charge is 2.29. The van der Waals surface area contributed by atoms with Gasteiger partial charge in [-0.25, -0.2) is 4.98 Å². The Morgan fingerprint density at radius 1 is 1.22 bits per heavy atom. The van der Waals surface area contributed by atoms with Crippen molar-refractivity contribution in [2.75, 3.05) is 0 Å². The molecule has 0 fully saturated rings. The lowest BCUT2D eigenvalue weighted by Crippen LogP contribution is -2.42. The fourth-order valence-corrected chi connectivity index (χ4v) is 3.26. The molecule has 0 radical (unpaired) electrons. The lowest BCUT2D eigenvalue weighted by molar-refractivity contribution is -0.136. The molecular weight excluding hydrogens is 312 g/mol. The van der Waals surface area contributed by atoms with Crippen LogP contribution >= 0.6 is 11.3 Å². The van der Waals surface area contributed by atoms with Crippen LogP contribution in [0.25, 0.3) is 10.2 Å². The number of nitrogens with zero attached hydrogens (tertiary/aromatic N) is 1. The fourth-order valence-electron chi connectivity index (χ4n) is 2.28. The van der Waals surface area contributed by atoms with E-state index in [9.17, 15) is 15.0 Å². The van der Waals surface area contributed by atoms with Crippen molar-refractivity contribution in [3.63, 3.8) is 0 Å². The van der Waals surface area contributed by atoms with Crippen LogP contribution in [-0.2, 0) is 4.79 Å². The summed E-state index contributed by atoms with van der Waals surface area (Å²) in [6, 6.07) is 7.43. The molecule has 0 saturated carbocycles. The summed E-state index contributed by atoms with van der Waals surface area (Å²) in [5, 5.41) is 23.4. The molecule has 1 amide bonds. The normalized spacial score (nSPS) is 15.6. The van der Waals surface area contributed by atoms with Gasteiger partial charge in [-0.3, -0.25) is 4.79 Å². The summed E-state index contributed by atoms with van der Waals surface area (Å²) in [6.07, 6.45) is -0.993. The van der Waals surface area contributed by atoms with Gasteiger partial charge >= 0.3 is 0 Å². The average molecular weight is 336 g/mol. The Morgan fingerprint density at radius 2 is 1.91 bits per heavy atom. The van der Waals surface area contributed by atoms with Gasteiger partial charge < -0.3 is 15.5 Å². The topological polar surface area (TPSA) is 82.5 Å². The molecule has 0 aliphatic rings. The van der Waals surface area contributed by atoms with E-state index in [0.29, 0.717) is 10.9 Å². The number of rotatable bonds is 7. The van der Waals surface area contributed by atoms with E-state index in [0.717, 1.165) is 23.1 Å². The van der Waals surface area contributed by atoms with Crippen LogP contribution in [0.4, 0.5) is 0 Å². The number of carbonyl (C=O) groups is 1. The first kappa shape index (κ1) is 17.8. The maximum absolute atomic E-state index is 12.1. The average Bonchev–Trinajstić information content (AvgIpc) is 2.95. The zero-order valence-electron chi connectivity index (χ0n) is 13.7. The fraction of sp³-hybridized carbons (Fsp3) is 0.529. The van der Waals surface area contributed by atoms with Crippen LogP contribution in [0, 0.1) is 5.92 Å². The predicted molar refractivity (Wildman–Crippen MR) is 92.3 cm³/mol. The third-order valence-corrected chi connectivity index (χ3v) is 4.80. The summed E-state index contributed by atoms with van der Waals surface area (Å²) in [4.78, 5) is 16.4. The van der Waals surface area contributed by atoms with Crippen LogP contribution in [-0.4, -0.2) is 33.3 Å². The van der Waals surface area contributed by atoms with Crippen molar-refractivity contribution in [2.24, 2.45) is 5.92 Å². The molecule has 126 valence electrons. The van der Waals surface area contributed by atoms with Crippen molar-refractivity contribution in [2.45, 2.75) is 51.9 Å². The number of amides is 1. The first-order valence-corrected chi connectivity index (χ1v) is 8.72. The number of hydrogen-bond acceptors (Lipinski definition) is 5. The third-order valence-electron chi connectivity index (χ3n) is 3.70. The number of carbonyl (C=O) groups excluding carboxylic acids is 1. The zero-order valence-corrected chi connectivity index (χ0v) is 14.5. The second-order valence-corrected chi connectivity index (χ2v) is 7.35. The van der Waals surface area contributed by atoms with E-state index in [1.165, 1.54) is 11.3 Å². The smallest absolute Gasteiger partial charge is 0.252 e. The van der Waals surface area contributed by atoms with E-state index in [-0.39, 0.29) is 6.04 Å². The number of aliphatic hydroxyl groups excluding tert-OH is 2. The van der Waals surface area contributed by atoms with E-state index < -0.39 is 18.1 Å². The molecule has 2 rings (SSSR count). The zero-order chi connectivity index (χ0) is 17.0. The molecule has 0 aliphatic heterocycles. The highest BCUT2D eigenvalue weighted by Crippen LogP contribution is 2.28. The molecule has 0 spiro atoms. The molecular formula is C17H24N2O3S. The Hall–Kier alpha value is -1.50. The summed E-state index contributed by atoms with van der Waals surface area (Å²) in [6.45, 7) is 6.15. The molecule has 23 heavy (non-hydrogen) atoms. The molecule has 0 saturated heterocycles. The van der Waals surface area contributed by atoms with E-state index in [4.69, 9.17) is 0 Å². The summed E-state index contributed by atoms with van der Waals surface area (Å²) in [5.41, 5.74) is 0.754. The van der Waals surface area contributed by atoms with Crippen molar-refractivity contribution in [1.82, 2.24) is 10.3 Å². The minimum Gasteiger partial charge on any atom is -0.383 e. The van der Waals surface area contributed by atoms with Crippen LogP contribution in [0.3, 0.4) is 0 Å². The molecule has 1 aromatic heterocycles. The number of benzene rings is 1. The maximum Gasteiger partial charge on any atom is 0.252 e. The Bertz CT molecular complexity index is 623. The molecule has 1 heterocycles. The number of para-hydroxylation sites is 1. The van der Waals surface area contributed by atoms with Gasteiger partial charge in [0.05, 0.1) is 10.2 Å². The number of thiazole rings is 1. The second-order valence-electron chi connectivity index (χ2n) is 6.29. The highest BCUT2D eigenvalue weighted by molar-refractivity contribution is 7.18. The van der Waals surface area contributed by atoms with Gasteiger partial charge in [0.2, 0.25) is 0 Å². The molecule has 2 aromatic rings. The van der Waals surface area contributed by atoms with Crippen LogP contribution in [0.1, 0.15) is 44.7 Å². The number of nitrogens with one attached hydrogen (secondary N) is 1. The van der Waals surface area contributed by atoms with Crippen molar-refractivity contribution >= 4 is 27.5 Å². The van der Waals surface area contributed by atoms with Gasteiger partial charge in [-0.1, -0.05) is 26.0 Å². The van der Waals surface area contributed by atoms with Crippen LogP contribution in [0.2, 0.25) is 0 Å². The lowest BCUT2D eigenvalue weighted by atomic mass is 10.0. The molecule has 0 bridgehead atoms. The molecule has 5 nitrogen and oxygen atoms in total. The Kier molecular flexibility index (Phi) is 6.10. The SMILES string of the molecule is CC(C)CCC(C)NC(=O)C(O)C(O)c1nc2ccccc2s1. The first-order chi connectivity index (χ1) is 10.9. The monoisotopic (exact) mass is 336 g/mol. The number of aliphatic hydroxyl groups is 2. The van der Waals surface area contributed by atoms with Gasteiger partial charge in [-0.05, 0) is 37.8 Å². The molecule has 3 unspecified atom stereocenters. The second kappa shape index (κ2) is 7.86. The molecule has 1 aromatic carbocycles. The lowest BCUT2D eigenvalue weighted by Gasteiger charge is -2.20. The van der Waals surface area contributed by atoms with Crippen molar-refractivity contribution < 1.29 is 15.0 Å². The largest absolute Gasteiger partial charge is 0.383 e. The minimum atomic E-state index is -1.52. The van der Waals surface area contributed by atoms with Gasteiger partial charge in [0.25, 0.3) is 5.91 Å². The molecule has 3 N–H and O–H groups in total. The third kappa shape index (κ3) is 4.73. The van der Waals surface area contributed by atoms with Crippen molar-refractivity contribution in [1.29, 1.82) is 0 Å². The van der Waals surface area contributed by atoms with Crippen molar-refractivity contribution in [3.8, 4) is 0 Å². The molecule has 0 aliphatic carbocycles. The van der Waals surface area contributed by atoms with Crippen LogP contribution < -0.4 is 5.32 Å². The standard InChI is InChI=1S/C17H24N2O3S/c1-10(2)8-9-11(3)18-16(22)14(20)15(21)17-19-12-6-4-5-7-13(12)23-17/h4-7,10-11,14-15,20-21H,8-9H2,1-3H3,(H,18,22). The Balaban J connectivity index is 1.98. The van der Waals surface area contributed by atoms with Gasteiger partial charge in [0.15, 0.2) is 6.10 Å². The highest BCUT2D eigenvalue weighted by atomic mass is 32.1. The quantitative estimate of drug-likeness (QED) is 0.726. The number of hydrogen-bond donors (Lipinski definition) is 3. The number of fused-ring (bicyclic) bond motifs is 1. The molecule has 3 atom stereocenters. The first-order valence-electron chi connectivity index (χ1n) is 7.90. The Labute approximate surface area is 140 Å². The molecule has 6 heteroatoms. The van der Waals surface area contributed by atoms with E-state index >= 15 is 0 Å². The van der Waals surface area contributed by atoms with E-state index in [1.54, 1.807) is 0 Å². The minimum absolute atomic E-state index is 0.0397. The summed E-state index contributed by atoms with van der Waals surface area (Å²) < 4.78 is 0.916. The van der Waals surface area contributed by atoms with Crippen LogP contribution in [0.5, 0.6) is 0 Å². The number of aromatic nitrogens is 1. The Morgan fingerprint density at radius 3 is 2.57 bits per heavy atom. The van der Waals surface area contributed by atoms with E-state index in [2.05, 4.69) is 24.1 Å². The van der Waals surface area contributed by atoms with E-state index in [1.807, 2.05) is 31.2 Å². The summed E-state index contributed by atoms with van der Waals surface area (Å²) >= 11 is 1.28. The maximum atomic E-state index is 12.1. The van der Waals surface area contributed by atoms with Gasteiger partial charge in [0.1, 0.15) is 11.1 Å². The van der Waals surface area contributed by atoms with Crippen molar-refractivity contribution in [3.05, 3.63) is 29.3 Å². The van der Waals surface area contributed by atoms with Gasteiger partial charge in [-0.15, -0.1) is 11.3 Å². The van der Waals surface area contributed by atoms with Gasteiger partial charge in [-0.2, -0.15) is 0 Å². The summed E-state index contributed by atoms with van der Waals surface area (Å²) in [7, 11) is 0. The predicted octanol–water partition coefficient (Wildman–Crippen LogP) is 2.63. The summed E-state index contributed by atoms with van der Waals surface area (Å²) in [5.74, 6) is 0.000580. The van der Waals surface area contributed by atoms with Gasteiger partial charge in [0, 0.05) is 6.04 Å².